The van der Waals surface area contributed by atoms with E-state index in [9.17, 15) is 34.8 Å². The molecule has 2 N–H and O–H groups in total. The number of halogens is 6. The predicted octanol–water partition coefficient (Wildman–Crippen LogP) is 5.94. The Labute approximate surface area is 224 Å². The first-order chi connectivity index (χ1) is 18.8. The van der Waals surface area contributed by atoms with E-state index in [0.717, 1.165) is 36.4 Å². The highest BCUT2D eigenvalue weighted by atomic mass is 32.2. The number of methoxy groups -OCH3 is 1. The number of sulfonamides is 1. The fraction of sp³-hybridized carbons (Fsp3) is 0.192. The number of alkyl halides is 5. The quantitative estimate of drug-likeness (QED) is 0.246. The van der Waals surface area contributed by atoms with Crippen LogP contribution in [0.25, 0.3) is 33.4 Å². The van der Waals surface area contributed by atoms with Gasteiger partial charge in [0.05, 0.1) is 29.8 Å². The molecule has 0 amide bonds. The standard InChI is InChI=1S/C26H21F6N3O4S/c1-38-10-9-35-14-16(13-34-35)18-7-5-15(19-12-17(27)6-8-22(19)39-25(28)29)11-20(18)24-21(26(30,31)32)3-2-4-23(24)40(33,36)37/h2-8,11-14,25H,9-10H2,1H3,(H2,33,36,37). The molecule has 0 fully saturated rings. The second-order valence-electron chi connectivity index (χ2n) is 8.49. The fourth-order valence-corrected chi connectivity index (χ4v) is 4.96. The Morgan fingerprint density at radius 2 is 1.75 bits per heavy atom. The van der Waals surface area contributed by atoms with Gasteiger partial charge < -0.3 is 9.47 Å². The molecule has 0 aliphatic rings. The molecule has 4 aromatic rings. The Balaban J connectivity index is 2.08. The monoisotopic (exact) mass is 585 g/mol. The van der Waals surface area contributed by atoms with Crippen LogP contribution in [-0.2, 0) is 27.5 Å². The van der Waals surface area contributed by atoms with Crippen molar-refractivity contribution in [2.75, 3.05) is 13.7 Å². The molecule has 4 rings (SSSR count). The molecule has 0 aliphatic carbocycles. The fourth-order valence-electron chi connectivity index (χ4n) is 4.19. The summed E-state index contributed by atoms with van der Waals surface area (Å²) in [6.45, 7) is -2.68. The van der Waals surface area contributed by atoms with Gasteiger partial charge in [0.2, 0.25) is 10.0 Å². The molecule has 0 spiro atoms. The van der Waals surface area contributed by atoms with Crippen LogP contribution in [0.5, 0.6) is 5.75 Å². The van der Waals surface area contributed by atoms with Crippen molar-refractivity contribution in [3.8, 4) is 39.1 Å². The lowest BCUT2D eigenvalue weighted by Crippen LogP contribution is -2.17. The lowest BCUT2D eigenvalue weighted by molar-refractivity contribution is -0.137. The van der Waals surface area contributed by atoms with Gasteiger partial charge in [-0.25, -0.2) is 17.9 Å². The summed E-state index contributed by atoms with van der Waals surface area (Å²) in [5.41, 5.74) is -2.17. The van der Waals surface area contributed by atoms with Crippen LogP contribution < -0.4 is 9.88 Å². The zero-order valence-corrected chi connectivity index (χ0v) is 21.4. The van der Waals surface area contributed by atoms with E-state index in [1.807, 2.05) is 0 Å². The Hall–Kier alpha value is -3.88. The molecule has 14 heteroatoms. The molecule has 7 nitrogen and oxygen atoms in total. The molecule has 0 radical (unpaired) electrons. The highest BCUT2D eigenvalue weighted by Crippen LogP contribution is 2.45. The maximum atomic E-state index is 14.2. The van der Waals surface area contributed by atoms with E-state index in [1.54, 1.807) is 0 Å². The first kappa shape index (κ1) is 29.1. The van der Waals surface area contributed by atoms with Crippen LogP contribution in [0.3, 0.4) is 0 Å². The van der Waals surface area contributed by atoms with Crippen molar-refractivity contribution in [1.29, 1.82) is 0 Å². The minimum absolute atomic E-state index is 0.0296. The van der Waals surface area contributed by atoms with Crippen LogP contribution in [0.1, 0.15) is 5.56 Å². The van der Waals surface area contributed by atoms with Crippen LogP contribution in [-0.4, -0.2) is 38.5 Å². The maximum Gasteiger partial charge on any atom is 0.417 e. The molecular weight excluding hydrogens is 564 g/mol. The average molecular weight is 586 g/mol. The van der Waals surface area contributed by atoms with E-state index in [2.05, 4.69) is 9.84 Å². The molecule has 0 atom stereocenters. The number of rotatable bonds is 9. The second-order valence-corrected chi connectivity index (χ2v) is 10.0. The number of hydrogen-bond acceptors (Lipinski definition) is 5. The number of benzene rings is 3. The van der Waals surface area contributed by atoms with Crippen molar-refractivity contribution < 1.29 is 44.2 Å². The first-order valence-corrected chi connectivity index (χ1v) is 13.0. The Kier molecular flexibility index (Phi) is 8.23. The average Bonchev–Trinajstić information content (AvgIpc) is 3.35. The molecule has 0 bridgehead atoms. The Morgan fingerprint density at radius 1 is 1.00 bits per heavy atom. The lowest BCUT2D eigenvalue weighted by atomic mass is 9.89. The van der Waals surface area contributed by atoms with E-state index in [4.69, 9.17) is 9.88 Å². The van der Waals surface area contributed by atoms with E-state index < -0.39 is 50.4 Å². The molecule has 1 heterocycles. The van der Waals surface area contributed by atoms with Crippen LogP contribution in [0, 0.1) is 5.82 Å². The molecule has 1 aromatic heterocycles. The molecular formula is C26H21F6N3O4S. The number of primary sulfonamides is 1. The first-order valence-electron chi connectivity index (χ1n) is 11.4. The van der Waals surface area contributed by atoms with Crippen LogP contribution in [0.4, 0.5) is 26.3 Å². The van der Waals surface area contributed by atoms with Crippen molar-refractivity contribution in [3.63, 3.8) is 0 Å². The summed E-state index contributed by atoms with van der Waals surface area (Å²) in [6, 6.07) is 9.04. The third-order valence-electron chi connectivity index (χ3n) is 5.86. The van der Waals surface area contributed by atoms with Gasteiger partial charge in [-0.1, -0.05) is 18.2 Å². The van der Waals surface area contributed by atoms with E-state index in [-0.39, 0.29) is 28.9 Å². The van der Waals surface area contributed by atoms with E-state index in [0.29, 0.717) is 18.2 Å². The van der Waals surface area contributed by atoms with E-state index >= 15 is 0 Å². The Bertz CT molecular complexity index is 1640. The molecule has 0 unspecified atom stereocenters. The SMILES string of the molecule is COCCn1cc(-c2ccc(-c3cc(F)ccc3OC(F)F)cc2-c2c(C(F)(F)F)cccc2S(N)(=O)=O)cn1. The van der Waals surface area contributed by atoms with Crippen LogP contribution in [0.2, 0.25) is 0 Å². The van der Waals surface area contributed by atoms with Gasteiger partial charge in [0.15, 0.2) is 0 Å². The van der Waals surface area contributed by atoms with Crippen LogP contribution in [0.15, 0.2) is 71.9 Å². The maximum absolute atomic E-state index is 14.2. The predicted molar refractivity (Wildman–Crippen MR) is 133 cm³/mol. The smallest absolute Gasteiger partial charge is 0.417 e. The van der Waals surface area contributed by atoms with Gasteiger partial charge in [-0.2, -0.15) is 27.1 Å². The van der Waals surface area contributed by atoms with Gasteiger partial charge >= 0.3 is 12.8 Å². The van der Waals surface area contributed by atoms with Crippen molar-refractivity contribution in [1.82, 2.24) is 9.78 Å². The van der Waals surface area contributed by atoms with Gasteiger partial charge in [-0.05, 0) is 53.1 Å². The minimum atomic E-state index is -5.02. The molecule has 40 heavy (non-hydrogen) atoms. The molecule has 0 saturated carbocycles. The number of ether oxygens (including phenoxy) is 2. The third kappa shape index (κ3) is 6.29. The second kappa shape index (κ2) is 11.3. The molecule has 0 saturated heterocycles. The summed E-state index contributed by atoms with van der Waals surface area (Å²) in [4.78, 5) is -0.823. The minimum Gasteiger partial charge on any atom is -0.434 e. The zero-order valence-electron chi connectivity index (χ0n) is 20.6. The summed E-state index contributed by atoms with van der Waals surface area (Å²) in [7, 11) is -3.22. The zero-order chi connectivity index (χ0) is 29.2. The van der Waals surface area contributed by atoms with Gasteiger partial charge in [-0.3, -0.25) is 4.68 Å². The number of hydrogen-bond donors (Lipinski definition) is 1. The molecule has 3 aromatic carbocycles. The van der Waals surface area contributed by atoms with Crippen molar-refractivity contribution in [2.24, 2.45) is 5.14 Å². The number of nitrogens with zero attached hydrogens (tertiary/aromatic N) is 2. The summed E-state index contributed by atoms with van der Waals surface area (Å²) in [6.07, 6.45) is -2.15. The topological polar surface area (TPSA) is 96.4 Å². The van der Waals surface area contributed by atoms with Gasteiger partial charge in [0.1, 0.15) is 11.6 Å². The van der Waals surface area contributed by atoms with Gasteiger partial charge in [0.25, 0.3) is 0 Å². The number of aromatic nitrogens is 2. The summed E-state index contributed by atoms with van der Waals surface area (Å²) < 4.78 is 119. The van der Waals surface area contributed by atoms with Gasteiger partial charge in [0, 0.05) is 30.0 Å². The third-order valence-corrected chi connectivity index (χ3v) is 6.82. The molecule has 0 aliphatic heterocycles. The van der Waals surface area contributed by atoms with E-state index in [1.165, 1.54) is 36.3 Å². The summed E-state index contributed by atoms with van der Waals surface area (Å²) in [5, 5.41) is 9.49. The molecule has 212 valence electrons. The summed E-state index contributed by atoms with van der Waals surface area (Å²) in [5.74, 6) is -1.28. The van der Waals surface area contributed by atoms with Gasteiger partial charge in [-0.15, -0.1) is 0 Å². The van der Waals surface area contributed by atoms with Crippen molar-refractivity contribution in [3.05, 3.63) is 78.4 Å². The number of nitrogens with two attached hydrogens (primary N) is 1. The largest absolute Gasteiger partial charge is 0.434 e. The van der Waals surface area contributed by atoms with Crippen LogP contribution >= 0.6 is 0 Å². The van der Waals surface area contributed by atoms with Crippen molar-refractivity contribution in [2.45, 2.75) is 24.2 Å². The Morgan fingerprint density at radius 3 is 2.40 bits per heavy atom. The highest BCUT2D eigenvalue weighted by Gasteiger charge is 2.37. The normalized spacial score (nSPS) is 12.2. The summed E-state index contributed by atoms with van der Waals surface area (Å²) >= 11 is 0. The lowest BCUT2D eigenvalue weighted by Gasteiger charge is -2.20. The van der Waals surface area contributed by atoms with Crippen molar-refractivity contribution >= 4 is 10.0 Å². The highest BCUT2D eigenvalue weighted by molar-refractivity contribution is 7.89.